The van der Waals surface area contributed by atoms with E-state index in [0.29, 0.717) is 5.92 Å². The van der Waals surface area contributed by atoms with Gasteiger partial charge in [0.2, 0.25) is 0 Å². The number of ether oxygens (including phenoxy) is 1. The van der Waals surface area contributed by atoms with Crippen LogP contribution in [0.4, 0.5) is 0 Å². The lowest BCUT2D eigenvalue weighted by atomic mass is 9.91. The average Bonchev–Trinajstić information content (AvgIpc) is 3.40. The Morgan fingerprint density at radius 1 is 1.31 bits per heavy atom. The van der Waals surface area contributed by atoms with Gasteiger partial charge in [0, 0.05) is 31.3 Å². The number of rotatable bonds is 6. The fourth-order valence-electron chi connectivity index (χ4n) is 3.66. The molecule has 3 heterocycles. The van der Waals surface area contributed by atoms with Crippen molar-refractivity contribution in [3.05, 3.63) is 60.2 Å². The molecule has 2 N–H and O–H groups in total. The van der Waals surface area contributed by atoms with Crippen LogP contribution in [0.5, 0.6) is 0 Å². The molecule has 0 bridgehead atoms. The van der Waals surface area contributed by atoms with Gasteiger partial charge in [-0.05, 0) is 37.5 Å². The van der Waals surface area contributed by atoms with Gasteiger partial charge in [0.05, 0.1) is 23.8 Å². The van der Waals surface area contributed by atoms with Gasteiger partial charge in [-0.3, -0.25) is 5.10 Å². The molecular weight excluding hydrogens is 328 g/mol. The summed E-state index contributed by atoms with van der Waals surface area (Å²) in [7, 11) is 0. The number of aromatic nitrogens is 5. The molecule has 3 aromatic rings. The molecule has 1 aliphatic rings. The first-order valence-corrected chi connectivity index (χ1v) is 9.13. The summed E-state index contributed by atoms with van der Waals surface area (Å²) in [6.07, 6.45) is 7.68. The van der Waals surface area contributed by atoms with Gasteiger partial charge in [0.25, 0.3) is 0 Å². The molecule has 26 heavy (non-hydrogen) atoms. The Morgan fingerprint density at radius 2 is 2.23 bits per heavy atom. The average molecular weight is 352 g/mol. The first-order chi connectivity index (χ1) is 12.8. The highest BCUT2D eigenvalue weighted by Gasteiger charge is 2.28. The number of para-hydroxylation sites is 1. The van der Waals surface area contributed by atoms with Gasteiger partial charge >= 0.3 is 0 Å². The van der Waals surface area contributed by atoms with E-state index in [1.807, 2.05) is 23.0 Å². The standard InChI is InChI=1S/C19H24N6O/c1-14(16-6-2-3-7-18(16)25-11-10-22-24-25)20-13-15-5-4-12-26-19(15)17-8-9-21-23-17/h2-3,6-11,14-15,19-20H,4-5,12-13H2,1H3,(H,21,23)/t14?,15-,19+/m0/s1. The molecule has 0 amide bonds. The highest BCUT2D eigenvalue weighted by atomic mass is 16.5. The number of nitrogens with one attached hydrogen (secondary N) is 2. The van der Waals surface area contributed by atoms with E-state index in [1.165, 1.54) is 5.56 Å². The van der Waals surface area contributed by atoms with Gasteiger partial charge < -0.3 is 10.1 Å². The predicted molar refractivity (Wildman–Crippen MR) is 97.8 cm³/mol. The number of aromatic amines is 1. The van der Waals surface area contributed by atoms with Crippen LogP contribution in [0, 0.1) is 5.92 Å². The van der Waals surface area contributed by atoms with E-state index in [-0.39, 0.29) is 12.1 Å². The normalized spacial score (nSPS) is 21.6. The van der Waals surface area contributed by atoms with Gasteiger partial charge in [-0.2, -0.15) is 5.10 Å². The highest BCUT2D eigenvalue weighted by Crippen LogP contribution is 2.32. The molecule has 2 aromatic heterocycles. The van der Waals surface area contributed by atoms with Crippen molar-refractivity contribution in [3.63, 3.8) is 0 Å². The first-order valence-electron chi connectivity index (χ1n) is 9.13. The zero-order valence-electron chi connectivity index (χ0n) is 14.9. The number of nitrogens with zero attached hydrogens (tertiary/aromatic N) is 4. The van der Waals surface area contributed by atoms with Crippen molar-refractivity contribution in [2.24, 2.45) is 5.92 Å². The number of H-pyrrole nitrogens is 1. The molecule has 1 unspecified atom stereocenters. The molecular formula is C19H24N6O. The maximum absolute atomic E-state index is 6.02. The van der Waals surface area contributed by atoms with Crippen molar-refractivity contribution in [2.45, 2.75) is 31.9 Å². The van der Waals surface area contributed by atoms with Crippen LogP contribution in [0.2, 0.25) is 0 Å². The van der Waals surface area contributed by atoms with Gasteiger partial charge in [0.1, 0.15) is 6.10 Å². The molecule has 1 aliphatic heterocycles. The molecule has 1 fully saturated rings. The summed E-state index contributed by atoms with van der Waals surface area (Å²) in [6.45, 7) is 3.88. The Morgan fingerprint density at radius 3 is 3.04 bits per heavy atom. The molecule has 7 heteroatoms. The van der Waals surface area contributed by atoms with Crippen LogP contribution >= 0.6 is 0 Å². The lowest BCUT2D eigenvalue weighted by Gasteiger charge is -2.32. The van der Waals surface area contributed by atoms with Gasteiger partial charge in [-0.15, -0.1) is 5.10 Å². The minimum Gasteiger partial charge on any atom is -0.372 e. The van der Waals surface area contributed by atoms with Crippen LogP contribution in [-0.2, 0) is 4.74 Å². The summed E-state index contributed by atoms with van der Waals surface area (Å²) < 4.78 is 7.83. The maximum atomic E-state index is 6.02. The molecule has 0 radical (unpaired) electrons. The molecule has 7 nitrogen and oxygen atoms in total. The largest absolute Gasteiger partial charge is 0.372 e. The third kappa shape index (κ3) is 3.54. The smallest absolute Gasteiger partial charge is 0.103 e. The molecule has 3 atom stereocenters. The van der Waals surface area contributed by atoms with Crippen molar-refractivity contribution >= 4 is 0 Å². The highest BCUT2D eigenvalue weighted by molar-refractivity contribution is 5.41. The topological polar surface area (TPSA) is 80.6 Å². The molecule has 0 saturated carbocycles. The van der Waals surface area contributed by atoms with Crippen LogP contribution < -0.4 is 5.32 Å². The van der Waals surface area contributed by atoms with Crippen LogP contribution in [0.25, 0.3) is 5.69 Å². The van der Waals surface area contributed by atoms with Crippen molar-refractivity contribution < 1.29 is 4.74 Å². The summed E-state index contributed by atoms with van der Waals surface area (Å²) in [4.78, 5) is 0. The first kappa shape index (κ1) is 16.9. The minimum absolute atomic E-state index is 0.0801. The van der Waals surface area contributed by atoms with E-state index in [9.17, 15) is 0 Å². The SMILES string of the molecule is CC(NC[C@@H]1CCCO[C@H]1c1ccn[nH]1)c1ccccc1-n1ccnn1. The molecule has 136 valence electrons. The number of hydrogen-bond acceptors (Lipinski definition) is 5. The minimum atomic E-state index is 0.0801. The van der Waals surface area contributed by atoms with E-state index < -0.39 is 0 Å². The maximum Gasteiger partial charge on any atom is 0.103 e. The second-order valence-corrected chi connectivity index (χ2v) is 6.74. The third-order valence-electron chi connectivity index (χ3n) is 5.03. The quantitative estimate of drug-likeness (QED) is 0.713. The summed E-state index contributed by atoms with van der Waals surface area (Å²) in [5.41, 5.74) is 3.31. The predicted octanol–water partition coefficient (Wildman–Crippen LogP) is 2.81. The Bertz CT molecular complexity index is 801. The van der Waals surface area contributed by atoms with Crippen molar-refractivity contribution in [1.29, 1.82) is 0 Å². The lowest BCUT2D eigenvalue weighted by molar-refractivity contribution is -0.0308. The van der Waals surface area contributed by atoms with Crippen molar-refractivity contribution in [1.82, 2.24) is 30.5 Å². The zero-order chi connectivity index (χ0) is 17.8. The van der Waals surface area contributed by atoms with Crippen LogP contribution in [0.1, 0.15) is 43.2 Å². The van der Waals surface area contributed by atoms with Crippen molar-refractivity contribution in [3.8, 4) is 5.69 Å². The second kappa shape index (κ2) is 7.80. The Labute approximate surface area is 152 Å². The summed E-state index contributed by atoms with van der Waals surface area (Å²) in [6, 6.07) is 10.5. The fourth-order valence-corrected chi connectivity index (χ4v) is 3.66. The zero-order valence-corrected chi connectivity index (χ0v) is 14.9. The van der Waals surface area contributed by atoms with E-state index >= 15 is 0 Å². The van der Waals surface area contributed by atoms with Crippen LogP contribution in [0.15, 0.2) is 48.9 Å². The summed E-state index contributed by atoms with van der Waals surface area (Å²) >= 11 is 0. The molecule has 0 spiro atoms. The fraction of sp³-hybridized carbons (Fsp3) is 0.421. The van der Waals surface area contributed by atoms with Crippen LogP contribution in [-0.4, -0.2) is 38.3 Å². The van der Waals surface area contributed by atoms with E-state index in [1.54, 1.807) is 12.4 Å². The van der Waals surface area contributed by atoms with Crippen molar-refractivity contribution in [2.75, 3.05) is 13.2 Å². The van der Waals surface area contributed by atoms with Gasteiger partial charge in [-0.1, -0.05) is 23.4 Å². The number of hydrogen-bond donors (Lipinski definition) is 2. The monoisotopic (exact) mass is 352 g/mol. The molecule has 0 aliphatic carbocycles. The van der Waals surface area contributed by atoms with Crippen LogP contribution in [0.3, 0.4) is 0 Å². The summed E-state index contributed by atoms with van der Waals surface area (Å²) in [5.74, 6) is 0.421. The molecule has 1 aromatic carbocycles. The lowest BCUT2D eigenvalue weighted by Crippen LogP contribution is -2.33. The molecule has 4 rings (SSSR count). The molecule has 1 saturated heterocycles. The second-order valence-electron chi connectivity index (χ2n) is 6.74. The third-order valence-corrected chi connectivity index (χ3v) is 5.03. The van der Waals surface area contributed by atoms with E-state index in [2.05, 4.69) is 50.9 Å². The van der Waals surface area contributed by atoms with E-state index in [0.717, 1.165) is 37.4 Å². The summed E-state index contributed by atoms with van der Waals surface area (Å²) in [5, 5.41) is 18.9. The van der Waals surface area contributed by atoms with Gasteiger partial charge in [0.15, 0.2) is 0 Å². The Balaban J connectivity index is 1.46. The Hall–Kier alpha value is -2.51. The van der Waals surface area contributed by atoms with Gasteiger partial charge in [-0.25, -0.2) is 4.68 Å². The number of benzene rings is 1. The van der Waals surface area contributed by atoms with E-state index in [4.69, 9.17) is 4.74 Å². The Kier molecular flexibility index (Phi) is 5.08.